The molecule has 0 spiro atoms. The molecule has 16 rings (SSSR count). The monoisotopic (exact) mass is 936 g/mol. The highest BCUT2D eigenvalue weighted by molar-refractivity contribution is 7.26. The minimum atomic E-state index is 0.551. The molecule has 0 saturated heterocycles. The highest BCUT2D eigenvalue weighted by Gasteiger charge is 2.24. The summed E-state index contributed by atoms with van der Waals surface area (Å²) in [5.74, 6) is 1.66. The van der Waals surface area contributed by atoms with Crippen molar-refractivity contribution in [2.45, 2.75) is 0 Å². The Kier molecular flexibility index (Phi) is 8.23. The van der Waals surface area contributed by atoms with E-state index in [2.05, 4.69) is 162 Å². The fraction of sp³-hybridized carbons (Fsp3) is 0. The molecule has 5 heterocycles. The van der Waals surface area contributed by atoms with Gasteiger partial charge in [0, 0.05) is 74.7 Å². The lowest BCUT2D eigenvalue weighted by atomic mass is 9.95. The number of hydrogen-bond acceptors (Lipinski definition) is 6. The fourth-order valence-electron chi connectivity index (χ4n) is 11.4. The number of fused-ring (bicyclic) bond motifs is 14. The zero-order chi connectivity index (χ0) is 47.0. The minimum absolute atomic E-state index is 0.551. The summed E-state index contributed by atoms with van der Waals surface area (Å²) in [6.07, 6.45) is 0. The van der Waals surface area contributed by atoms with Crippen molar-refractivity contribution in [1.82, 2.24) is 19.5 Å². The maximum Gasteiger partial charge on any atom is 0.164 e. The summed E-state index contributed by atoms with van der Waals surface area (Å²) in [4.78, 5) is 16.3. The summed E-state index contributed by atoms with van der Waals surface area (Å²) in [6, 6.07) is 77.6. The zero-order valence-electron chi connectivity index (χ0n) is 38.3. The Bertz CT molecular complexity index is 4730. The van der Waals surface area contributed by atoms with Gasteiger partial charge in [0.1, 0.15) is 22.3 Å². The van der Waals surface area contributed by atoms with Crippen LogP contribution in [0.15, 0.2) is 227 Å². The molecular formula is C65H36N4O2S. The first-order chi connectivity index (χ1) is 35.7. The van der Waals surface area contributed by atoms with Crippen LogP contribution in [0.2, 0.25) is 0 Å². The number of hydrogen-bond donors (Lipinski definition) is 0. The van der Waals surface area contributed by atoms with Crippen LogP contribution in [-0.2, 0) is 0 Å². The lowest BCUT2D eigenvalue weighted by Gasteiger charge is -2.17. The molecule has 0 aliphatic rings. The Morgan fingerprint density at radius 1 is 0.319 bits per heavy atom. The first-order valence-electron chi connectivity index (χ1n) is 24.2. The lowest BCUT2D eigenvalue weighted by Crippen LogP contribution is -2.02. The molecule has 6 nitrogen and oxygen atoms in total. The van der Waals surface area contributed by atoms with Gasteiger partial charge in [-0.3, -0.25) is 0 Å². The van der Waals surface area contributed by atoms with Crippen molar-refractivity contribution >= 4 is 119 Å². The molecule has 0 unspecified atom stereocenters. The van der Waals surface area contributed by atoms with E-state index in [9.17, 15) is 0 Å². The SMILES string of the molecule is c1ccc2cc3c(cc2c1)c1cc2ccccc2cc1n3-c1ccc(-c2nc(-c3cccc4oc5ccccc5c34)nc(-c3cccc4oc5ccccc5c34)n2)cc1-c1cccc2sc3ccccc3c12. The number of thiophene rings is 1. The van der Waals surface area contributed by atoms with Crippen LogP contribution < -0.4 is 0 Å². The fourth-order valence-corrected chi connectivity index (χ4v) is 12.5. The Balaban J connectivity index is 1.02. The molecule has 11 aromatic carbocycles. The first-order valence-corrected chi connectivity index (χ1v) is 25.0. The van der Waals surface area contributed by atoms with Gasteiger partial charge in [0.25, 0.3) is 0 Å². The van der Waals surface area contributed by atoms with Crippen molar-refractivity contribution in [2.75, 3.05) is 0 Å². The summed E-state index contributed by atoms with van der Waals surface area (Å²) < 4.78 is 17.8. The number of furan rings is 2. The molecule has 0 N–H and O–H groups in total. The van der Waals surface area contributed by atoms with Crippen LogP contribution in [0, 0.1) is 0 Å². The van der Waals surface area contributed by atoms with Gasteiger partial charge in [0.05, 0.1) is 16.7 Å². The van der Waals surface area contributed by atoms with Crippen molar-refractivity contribution < 1.29 is 8.83 Å². The Morgan fingerprint density at radius 2 is 0.792 bits per heavy atom. The van der Waals surface area contributed by atoms with Gasteiger partial charge >= 0.3 is 0 Å². The molecule has 0 aliphatic carbocycles. The number of aromatic nitrogens is 4. The van der Waals surface area contributed by atoms with Gasteiger partial charge in [-0.05, 0) is 106 Å². The van der Waals surface area contributed by atoms with E-state index in [0.29, 0.717) is 17.5 Å². The summed E-state index contributed by atoms with van der Waals surface area (Å²) in [7, 11) is 0. The van der Waals surface area contributed by atoms with Crippen molar-refractivity contribution in [3.8, 4) is 51.0 Å². The van der Waals surface area contributed by atoms with Crippen LogP contribution in [0.4, 0.5) is 0 Å². The van der Waals surface area contributed by atoms with E-state index in [4.69, 9.17) is 23.8 Å². The van der Waals surface area contributed by atoms with Gasteiger partial charge in [-0.1, -0.05) is 140 Å². The highest BCUT2D eigenvalue weighted by Crippen LogP contribution is 2.46. The maximum absolute atomic E-state index is 6.44. The minimum Gasteiger partial charge on any atom is -0.456 e. The van der Waals surface area contributed by atoms with Gasteiger partial charge in [-0.15, -0.1) is 11.3 Å². The van der Waals surface area contributed by atoms with E-state index in [1.807, 2.05) is 72.0 Å². The normalized spacial score (nSPS) is 12.2. The summed E-state index contributed by atoms with van der Waals surface area (Å²) in [5, 5.41) is 13.6. The van der Waals surface area contributed by atoms with E-state index in [-0.39, 0.29) is 0 Å². The van der Waals surface area contributed by atoms with Crippen LogP contribution in [-0.4, -0.2) is 19.5 Å². The number of para-hydroxylation sites is 2. The summed E-state index contributed by atoms with van der Waals surface area (Å²) in [6.45, 7) is 0. The predicted octanol–water partition coefficient (Wildman–Crippen LogP) is 18.1. The Hall–Kier alpha value is -9.43. The van der Waals surface area contributed by atoms with E-state index in [1.54, 1.807) is 0 Å². The van der Waals surface area contributed by atoms with Gasteiger partial charge in [-0.25, -0.2) is 15.0 Å². The highest BCUT2D eigenvalue weighted by atomic mass is 32.1. The molecule has 0 saturated carbocycles. The third-order valence-corrected chi connectivity index (χ3v) is 15.7. The smallest absolute Gasteiger partial charge is 0.164 e. The molecule has 72 heavy (non-hydrogen) atoms. The maximum atomic E-state index is 6.44. The second-order valence-corrected chi connectivity index (χ2v) is 19.7. The second kappa shape index (κ2) is 15.0. The van der Waals surface area contributed by atoms with Crippen LogP contribution in [0.5, 0.6) is 0 Å². The molecule has 0 amide bonds. The van der Waals surface area contributed by atoms with E-state index in [1.165, 1.54) is 52.5 Å². The average molecular weight is 937 g/mol. The lowest BCUT2D eigenvalue weighted by molar-refractivity contribution is 0.668. The van der Waals surface area contributed by atoms with Crippen molar-refractivity contribution in [2.24, 2.45) is 0 Å². The number of rotatable bonds is 5. The molecule has 0 fully saturated rings. The average Bonchev–Trinajstić information content (AvgIpc) is 4.20. The molecule has 334 valence electrons. The Labute approximate surface area is 414 Å². The molecule has 5 aromatic heterocycles. The third-order valence-electron chi connectivity index (χ3n) is 14.6. The molecule has 0 bridgehead atoms. The number of benzene rings is 11. The second-order valence-electron chi connectivity index (χ2n) is 18.6. The quantitative estimate of drug-likeness (QED) is 0.172. The molecule has 16 aromatic rings. The van der Waals surface area contributed by atoms with Crippen molar-refractivity contribution in [3.63, 3.8) is 0 Å². The molecule has 0 atom stereocenters. The summed E-state index contributed by atoms with van der Waals surface area (Å²) >= 11 is 1.83. The predicted molar refractivity (Wildman–Crippen MR) is 298 cm³/mol. The molecule has 0 radical (unpaired) electrons. The summed E-state index contributed by atoms with van der Waals surface area (Å²) in [5.41, 5.74) is 11.3. The molecular weight excluding hydrogens is 901 g/mol. The van der Waals surface area contributed by atoms with Gasteiger partial charge in [0.15, 0.2) is 17.5 Å². The van der Waals surface area contributed by atoms with Gasteiger partial charge < -0.3 is 13.4 Å². The first kappa shape index (κ1) is 39.4. The largest absolute Gasteiger partial charge is 0.456 e. The number of nitrogens with zero attached hydrogens (tertiary/aromatic N) is 4. The van der Waals surface area contributed by atoms with Gasteiger partial charge in [-0.2, -0.15) is 0 Å². The van der Waals surface area contributed by atoms with Crippen LogP contribution >= 0.6 is 11.3 Å². The van der Waals surface area contributed by atoms with E-state index in [0.717, 1.165) is 88.4 Å². The third kappa shape index (κ3) is 5.80. The van der Waals surface area contributed by atoms with E-state index < -0.39 is 0 Å². The van der Waals surface area contributed by atoms with Crippen LogP contribution in [0.1, 0.15) is 0 Å². The van der Waals surface area contributed by atoms with Crippen molar-refractivity contribution in [1.29, 1.82) is 0 Å². The molecule has 7 heteroatoms. The Morgan fingerprint density at radius 3 is 1.40 bits per heavy atom. The van der Waals surface area contributed by atoms with Crippen LogP contribution in [0.3, 0.4) is 0 Å². The zero-order valence-corrected chi connectivity index (χ0v) is 39.1. The molecule has 0 aliphatic heterocycles. The standard InChI is InChI=1S/C65H36N4O2S/c1-3-16-39-35-52-49(32-37(39)14-1)50-33-38-15-2-4-17-40(38)36-53(50)69(52)51-31-30-41(34-48(51)42-21-13-29-59-62(42)45-20-7-10-28-58(45)72-59)63-66-64(46-22-11-26-56-60(46)43-18-5-8-24-54(43)70-56)68-65(67-63)47-23-12-27-57-61(47)44-19-6-9-25-55(44)71-57/h1-36H. The van der Waals surface area contributed by atoms with Gasteiger partial charge in [0.2, 0.25) is 0 Å². The van der Waals surface area contributed by atoms with Crippen molar-refractivity contribution in [3.05, 3.63) is 218 Å². The van der Waals surface area contributed by atoms with Crippen LogP contribution in [0.25, 0.3) is 158 Å². The topological polar surface area (TPSA) is 69.9 Å². The van der Waals surface area contributed by atoms with E-state index >= 15 is 0 Å².